The van der Waals surface area contributed by atoms with Gasteiger partial charge in [0.25, 0.3) is 11.8 Å². The molecule has 0 radical (unpaired) electrons. The topological polar surface area (TPSA) is 187 Å². The van der Waals surface area contributed by atoms with Gasteiger partial charge in [0.1, 0.15) is 60.2 Å². The predicted molar refractivity (Wildman–Crippen MR) is 185 cm³/mol. The van der Waals surface area contributed by atoms with Crippen molar-refractivity contribution in [2.75, 3.05) is 0 Å². The van der Waals surface area contributed by atoms with Crippen molar-refractivity contribution in [2.24, 2.45) is 11.7 Å². The first-order valence-electron chi connectivity index (χ1n) is 14.1. The molecule has 0 aliphatic heterocycles. The van der Waals surface area contributed by atoms with E-state index >= 15 is 0 Å². The van der Waals surface area contributed by atoms with Crippen molar-refractivity contribution in [1.82, 2.24) is 35.2 Å². The molecule has 17 heteroatoms. The Labute approximate surface area is 288 Å². The number of carbonyl (C=O) groups excluding carboxylic acids is 3. The van der Waals surface area contributed by atoms with E-state index in [1.54, 1.807) is 34.5 Å². The molecule has 0 aromatic carbocycles. The number of carbonyl (C=O) groups is 3. The van der Waals surface area contributed by atoms with E-state index in [1.165, 1.54) is 56.7 Å². The number of thiazole rings is 5. The van der Waals surface area contributed by atoms with E-state index in [9.17, 15) is 19.5 Å². The van der Waals surface area contributed by atoms with E-state index in [-0.39, 0.29) is 5.69 Å². The molecule has 0 spiro atoms. The number of primary amides is 1. The van der Waals surface area contributed by atoms with Crippen molar-refractivity contribution in [1.29, 1.82) is 0 Å². The Morgan fingerprint density at radius 3 is 2.23 bits per heavy atom. The molecule has 0 bridgehead atoms. The van der Waals surface area contributed by atoms with Crippen molar-refractivity contribution < 1.29 is 19.5 Å². The summed E-state index contributed by atoms with van der Waals surface area (Å²) in [7, 11) is 0. The first kappa shape index (κ1) is 32.8. The van der Waals surface area contributed by atoms with Crippen molar-refractivity contribution in [3.63, 3.8) is 0 Å². The summed E-state index contributed by atoms with van der Waals surface area (Å²) in [5.74, 6) is -0.634. The summed E-state index contributed by atoms with van der Waals surface area (Å²) in [6.07, 6.45) is 0.513. The summed E-state index contributed by atoms with van der Waals surface area (Å²) in [6, 6.07) is 2.83. The molecule has 2 amide bonds. The van der Waals surface area contributed by atoms with Gasteiger partial charge in [-0.25, -0.2) is 29.9 Å². The highest BCUT2D eigenvalue weighted by atomic mass is 32.1. The monoisotopic (exact) mass is 722 g/mol. The van der Waals surface area contributed by atoms with Gasteiger partial charge in [-0.2, -0.15) is 0 Å². The summed E-state index contributed by atoms with van der Waals surface area (Å²) in [5, 5.41) is 25.3. The molecule has 2 atom stereocenters. The van der Waals surface area contributed by atoms with Gasteiger partial charge in [0.15, 0.2) is 6.29 Å². The summed E-state index contributed by atoms with van der Waals surface area (Å²) in [5.41, 5.74) is 9.01. The van der Waals surface area contributed by atoms with Gasteiger partial charge in [-0.15, -0.1) is 56.7 Å². The first-order chi connectivity index (χ1) is 22.6. The molecule has 0 aliphatic carbocycles. The number of aldehydes is 1. The van der Waals surface area contributed by atoms with Gasteiger partial charge in [0.2, 0.25) is 0 Å². The smallest absolute Gasteiger partial charge is 0.271 e. The molecular formula is C30H26N8O4S5. The minimum Gasteiger partial charge on any atom is -0.391 e. The lowest BCUT2D eigenvalue weighted by Crippen LogP contribution is -2.35. The zero-order chi connectivity index (χ0) is 33.2. The van der Waals surface area contributed by atoms with Gasteiger partial charge in [0.05, 0.1) is 16.8 Å². The highest BCUT2D eigenvalue weighted by Gasteiger charge is 2.27. The molecule has 12 nitrogen and oxygen atoms in total. The lowest BCUT2D eigenvalue weighted by Gasteiger charge is -2.18. The highest BCUT2D eigenvalue weighted by Crippen LogP contribution is 2.38. The number of amides is 2. The number of nitrogens with one attached hydrogen (secondary N) is 1. The molecule has 4 N–H and O–H groups in total. The van der Waals surface area contributed by atoms with Crippen LogP contribution in [0.5, 0.6) is 0 Å². The number of aliphatic hydroxyl groups excluding tert-OH is 1. The molecule has 6 rings (SSSR count). The number of aromatic nitrogens is 6. The SMILES string of the molecule is CC(C)Cc1nc(C(=O)NC(c2nc(-c3nc(-c4nc(-c5nc(C=O)cs5)cs4)ccc3-c3nc(C(N)=O)cs3)cs2)C(C)O)cs1. The molecule has 0 aliphatic rings. The van der Waals surface area contributed by atoms with Crippen LogP contribution in [0.3, 0.4) is 0 Å². The van der Waals surface area contributed by atoms with Crippen LogP contribution in [0.25, 0.3) is 43.4 Å². The van der Waals surface area contributed by atoms with Gasteiger partial charge in [-0.3, -0.25) is 14.4 Å². The number of rotatable bonds is 12. The zero-order valence-electron chi connectivity index (χ0n) is 25.0. The van der Waals surface area contributed by atoms with Crippen molar-refractivity contribution in [3.8, 4) is 43.4 Å². The fourth-order valence-electron chi connectivity index (χ4n) is 4.41. The molecule has 0 saturated heterocycles. The number of nitrogens with zero attached hydrogens (tertiary/aromatic N) is 6. The third-order valence-corrected chi connectivity index (χ3v) is 11.1. The van der Waals surface area contributed by atoms with Crippen molar-refractivity contribution in [3.05, 3.63) is 66.1 Å². The van der Waals surface area contributed by atoms with Crippen LogP contribution in [-0.2, 0) is 6.42 Å². The van der Waals surface area contributed by atoms with E-state index in [4.69, 9.17) is 20.7 Å². The van der Waals surface area contributed by atoms with Gasteiger partial charge < -0.3 is 16.2 Å². The Bertz CT molecular complexity index is 2070. The number of aliphatic hydroxyl groups is 1. The van der Waals surface area contributed by atoms with Crippen LogP contribution in [0, 0.1) is 5.92 Å². The second kappa shape index (κ2) is 13.9. The van der Waals surface area contributed by atoms with Crippen LogP contribution < -0.4 is 11.1 Å². The summed E-state index contributed by atoms with van der Waals surface area (Å²) in [6.45, 7) is 5.77. The second-order valence-corrected chi connectivity index (χ2v) is 15.1. The van der Waals surface area contributed by atoms with E-state index < -0.39 is 24.0 Å². The first-order valence-corrected chi connectivity index (χ1v) is 18.5. The highest BCUT2D eigenvalue weighted by molar-refractivity contribution is 7.15. The minimum atomic E-state index is -0.957. The summed E-state index contributed by atoms with van der Waals surface area (Å²) in [4.78, 5) is 63.7. The lowest BCUT2D eigenvalue weighted by atomic mass is 10.1. The Balaban J connectivity index is 1.35. The largest absolute Gasteiger partial charge is 0.391 e. The third-order valence-electron chi connectivity index (χ3n) is 6.63. The third kappa shape index (κ3) is 7.24. The zero-order valence-corrected chi connectivity index (χ0v) is 29.1. The quantitative estimate of drug-likeness (QED) is 0.127. The summed E-state index contributed by atoms with van der Waals surface area (Å²) >= 11 is 6.66. The number of nitrogens with two attached hydrogens (primary N) is 1. The van der Waals surface area contributed by atoms with Crippen LogP contribution in [0.15, 0.2) is 39.0 Å². The van der Waals surface area contributed by atoms with E-state index in [0.29, 0.717) is 72.0 Å². The Morgan fingerprint density at radius 1 is 0.809 bits per heavy atom. The van der Waals surface area contributed by atoms with Crippen LogP contribution in [0.4, 0.5) is 0 Å². The fourth-order valence-corrected chi connectivity index (χ4v) is 8.75. The Morgan fingerprint density at radius 2 is 1.53 bits per heavy atom. The molecule has 6 aromatic heterocycles. The van der Waals surface area contributed by atoms with Crippen LogP contribution in [0.1, 0.15) is 68.3 Å². The molecule has 2 unspecified atom stereocenters. The van der Waals surface area contributed by atoms with Gasteiger partial charge >= 0.3 is 0 Å². The maximum Gasteiger partial charge on any atom is 0.271 e. The van der Waals surface area contributed by atoms with Gasteiger partial charge in [-0.1, -0.05) is 13.8 Å². The van der Waals surface area contributed by atoms with Gasteiger partial charge in [-0.05, 0) is 25.0 Å². The standard InChI is InChI=1S/C30H26N8O4S5/c1-13(2)6-22-33-20(11-43-22)26(42)38-23(14(3)40)30-35-18(9-47-30)24-16(27-36-19(10-45-27)25(31)41)4-5-17(34-24)28-37-21(12-46-28)29-32-15(7-39)8-44-29/h4-5,7-14,23,40H,6H2,1-3H3,(H2,31,41)(H,38,42). The van der Waals surface area contributed by atoms with Crippen molar-refractivity contribution >= 4 is 74.8 Å². The minimum absolute atomic E-state index is 0.136. The molecular weight excluding hydrogens is 697 g/mol. The van der Waals surface area contributed by atoms with E-state index in [0.717, 1.165) is 11.4 Å². The average molecular weight is 723 g/mol. The van der Waals surface area contributed by atoms with Crippen LogP contribution in [0.2, 0.25) is 0 Å². The molecule has 240 valence electrons. The summed E-state index contributed by atoms with van der Waals surface area (Å²) < 4.78 is 0. The lowest BCUT2D eigenvalue weighted by molar-refractivity contribution is 0.0853. The number of pyridine rings is 1. The Kier molecular flexibility index (Phi) is 9.72. The number of hydrogen-bond acceptors (Lipinski definition) is 15. The maximum atomic E-state index is 13.1. The Hall–Kier alpha value is -4.13. The maximum absolute atomic E-state index is 13.1. The second-order valence-electron chi connectivity index (χ2n) is 10.7. The normalized spacial score (nSPS) is 12.7. The molecule has 6 aromatic rings. The molecule has 6 heterocycles. The molecule has 0 fully saturated rings. The van der Waals surface area contributed by atoms with E-state index in [1.807, 2.05) is 11.4 Å². The molecule has 0 saturated carbocycles. The fraction of sp³-hybridized carbons (Fsp3) is 0.233. The number of hydrogen-bond donors (Lipinski definition) is 3. The van der Waals surface area contributed by atoms with Gasteiger partial charge in [0, 0.05) is 38.9 Å². The van der Waals surface area contributed by atoms with Crippen molar-refractivity contribution in [2.45, 2.75) is 39.3 Å². The van der Waals surface area contributed by atoms with E-state index in [2.05, 4.69) is 34.1 Å². The average Bonchev–Trinajstić information content (AvgIpc) is 3.88. The molecule has 47 heavy (non-hydrogen) atoms. The van der Waals surface area contributed by atoms with Crippen LogP contribution in [-0.4, -0.2) is 59.2 Å². The predicted octanol–water partition coefficient (Wildman–Crippen LogP) is 5.99. The van der Waals surface area contributed by atoms with Crippen LogP contribution >= 0.6 is 56.7 Å².